The number of anilines is 1. The molecule has 0 atom stereocenters. The SMILES string of the molecule is O=C(Nc1ccc(Cl)c([N+](=O)[O-])c1)c1c2c(nc3ccccc13)CCC2. The quantitative estimate of drug-likeness (QED) is 0.544. The summed E-state index contributed by atoms with van der Waals surface area (Å²) in [6, 6.07) is 11.7. The van der Waals surface area contributed by atoms with Gasteiger partial charge in [-0.3, -0.25) is 19.9 Å². The smallest absolute Gasteiger partial charge is 0.289 e. The summed E-state index contributed by atoms with van der Waals surface area (Å²) < 4.78 is 0. The molecule has 0 radical (unpaired) electrons. The van der Waals surface area contributed by atoms with E-state index in [1.54, 1.807) is 6.07 Å². The van der Waals surface area contributed by atoms with Crippen molar-refractivity contribution in [2.75, 3.05) is 5.32 Å². The van der Waals surface area contributed by atoms with E-state index in [0.717, 1.165) is 41.4 Å². The Labute approximate surface area is 154 Å². The lowest BCUT2D eigenvalue weighted by Crippen LogP contribution is -2.16. The summed E-state index contributed by atoms with van der Waals surface area (Å²) >= 11 is 5.84. The van der Waals surface area contributed by atoms with Crippen LogP contribution in [0.3, 0.4) is 0 Å². The topological polar surface area (TPSA) is 85.1 Å². The van der Waals surface area contributed by atoms with Gasteiger partial charge in [0.1, 0.15) is 5.02 Å². The zero-order valence-electron chi connectivity index (χ0n) is 13.7. The summed E-state index contributed by atoms with van der Waals surface area (Å²) in [6.45, 7) is 0. The number of nitro benzene ring substituents is 1. The van der Waals surface area contributed by atoms with Gasteiger partial charge in [-0.15, -0.1) is 0 Å². The molecule has 4 rings (SSSR count). The molecule has 0 aliphatic heterocycles. The minimum absolute atomic E-state index is 0.0308. The number of nitrogens with zero attached hydrogens (tertiary/aromatic N) is 2. The highest BCUT2D eigenvalue weighted by molar-refractivity contribution is 6.32. The second kappa shape index (κ2) is 6.38. The Morgan fingerprint density at radius 2 is 2.00 bits per heavy atom. The van der Waals surface area contributed by atoms with Crippen LogP contribution in [0.25, 0.3) is 10.9 Å². The number of hydrogen-bond donors (Lipinski definition) is 1. The molecule has 1 aromatic heterocycles. The molecule has 6 nitrogen and oxygen atoms in total. The summed E-state index contributed by atoms with van der Waals surface area (Å²) in [4.78, 5) is 28.2. The number of fused-ring (bicyclic) bond motifs is 2. The van der Waals surface area contributed by atoms with Crippen LogP contribution in [0, 0.1) is 10.1 Å². The lowest BCUT2D eigenvalue weighted by Gasteiger charge is -2.13. The maximum absolute atomic E-state index is 13.0. The van der Waals surface area contributed by atoms with Crippen molar-refractivity contribution in [3.63, 3.8) is 0 Å². The van der Waals surface area contributed by atoms with Gasteiger partial charge in [0.15, 0.2) is 0 Å². The molecular formula is C19H14ClN3O3. The van der Waals surface area contributed by atoms with E-state index in [1.165, 1.54) is 12.1 Å². The lowest BCUT2D eigenvalue weighted by atomic mass is 10.0. The van der Waals surface area contributed by atoms with E-state index in [0.29, 0.717) is 11.3 Å². The standard InChI is InChI=1S/C19H14ClN3O3/c20-14-9-8-11(10-17(14)23(25)26)21-19(24)18-12-4-1-2-6-15(12)22-16-7-3-5-13(16)18/h1-2,4,6,8-10H,3,5,7H2,(H,21,24). The Kier molecular flexibility index (Phi) is 4.05. The van der Waals surface area contributed by atoms with Crippen LogP contribution in [0.4, 0.5) is 11.4 Å². The van der Waals surface area contributed by atoms with Gasteiger partial charge in [-0.1, -0.05) is 29.8 Å². The van der Waals surface area contributed by atoms with Gasteiger partial charge in [0.05, 0.1) is 16.0 Å². The van der Waals surface area contributed by atoms with Crippen LogP contribution in [0.1, 0.15) is 28.0 Å². The minimum Gasteiger partial charge on any atom is -0.322 e. The lowest BCUT2D eigenvalue weighted by molar-refractivity contribution is -0.384. The number of amides is 1. The average molecular weight is 368 g/mol. The molecule has 0 spiro atoms. The maximum atomic E-state index is 13.0. The molecule has 1 heterocycles. The van der Waals surface area contributed by atoms with Crippen molar-refractivity contribution in [3.8, 4) is 0 Å². The van der Waals surface area contributed by atoms with Crippen LogP contribution >= 0.6 is 11.6 Å². The first-order valence-electron chi connectivity index (χ1n) is 8.20. The van der Waals surface area contributed by atoms with Crippen molar-refractivity contribution in [3.05, 3.63) is 74.4 Å². The Balaban J connectivity index is 1.78. The maximum Gasteiger partial charge on any atom is 0.289 e. The molecule has 1 aliphatic carbocycles. The molecule has 7 heteroatoms. The van der Waals surface area contributed by atoms with Crippen LogP contribution in [0.15, 0.2) is 42.5 Å². The molecular weight excluding hydrogens is 354 g/mol. The Morgan fingerprint density at radius 3 is 2.81 bits per heavy atom. The van der Waals surface area contributed by atoms with Gasteiger partial charge in [-0.2, -0.15) is 0 Å². The van der Waals surface area contributed by atoms with Crippen LogP contribution in [0.2, 0.25) is 5.02 Å². The highest BCUT2D eigenvalue weighted by atomic mass is 35.5. The first-order valence-corrected chi connectivity index (χ1v) is 8.58. The molecule has 0 saturated carbocycles. The molecule has 26 heavy (non-hydrogen) atoms. The number of para-hydroxylation sites is 1. The highest BCUT2D eigenvalue weighted by Crippen LogP contribution is 2.32. The molecule has 1 N–H and O–H groups in total. The number of benzene rings is 2. The van der Waals surface area contributed by atoms with Crippen molar-refractivity contribution in [2.24, 2.45) is 0 Å². The van der Waals surface area contributed by atoms with Crippen molar-refractivity contribution < 1.29 is 9.72 Å². The predicted octanol–water partition coefficient (Wildman–Crippen LogP) is 4.54. The van der Waals surface area contributed by atoms with E-state index in [-0.39, 0.29) is 16.6 Å². The van der Waals surface area contributed by atoms with Crippen molar-refractivity contribution in [2.45, 2.75) is 19.3 Å². The van der Waals surface area contributed by atoms with Gasteiger partial charge >= 0.3 is 0 Å². The van der Waals surface area contributed by atoms with Gasteiger partial charge in [0.2, 0.25) is 0 Å². The fourth-order valence-corrected chi connectivity index (χ4v) is 3.58. The molecule has 0 bridgehead atoms. The molecule has 0 saturated heterocycles. The van der Waals surface area contributed by atoms with E-state index in [4.69, 9.17) is 11.6 Å². The second-order valence-electron chi connectivity index (χ2n) is 6.16. The number of aromatic nitrogens is 1. The Hall–Kier alpha value is -2.99. The number of pyridine rings is 1. The predicted molar refractivity (Wildman–Crippen MR) is 99.8 cm³/mol. The second-order valence-corrected chi connectivity index (χ2v) is 6.57. The largest absolute Gasteiger partial charge is 0.322 e. The Bertz CT molecular complexity index is 1070. The zero-order valence-corrected chi connectivity index (χ0v) is 14.4. The first kappa shape index (κ1) is 16.5. The van der Waals surface area contributed by atoms with Crippen molar-refractivity contribution >= 4 is 39.8 Å². The molecule has 130 valence electrons. The zero-order chi connectivity index (χ0) is 18.3. The van der Waals surface area contributed by atoms with Gasteiger partial charge in [-0.25, -0.2) is 0 Å². The summed E-state index contributed by atoms with van der Waals surface area (Å²) in [5, 5.41) is 14.6. The van der Waals surface area contributed by atoms with Crippen LogP contribution in [-0.4, -0.2) is 15.8 Å². The average Bonchev–Trinajstić information content (AvgIpc) is 3.08. The normalized spacial score (nSPS) is 12.8. The minimum atomic E-state index is -0.572. The number of carbonyl (C=O) groups is 1. The van der Waals surface area contributed by atoms with Gasteiger partial charge in [0.25, 0.3) is 11.6 Å². The third-order valence-electron chi connectivity index (χ3n) is 4.55. The molecule has 1 amide bonds. The van der Waals surface area contributed by atoms with Gasteiger partial charge in [0, 0.05) is 22.8 Å². The summed E-state index contributed by atoms with van der Waals surface area (Å²) in [6.07, 6.45) is 2.62. The fourth-order valence-electron chi connectivity index (χ4n) is 3.39. The fraction of sp³-hybridized carbons (Fsp3) is 0.158. The van der Waals surface area contributed by atoms with E-state index in [1.807, 2.05) is 24.3 Å². The summed E-state index contributed by atoms with van der Waals surface area (Å²) in [7, 11) is 0. The number of rotatable bonds is 3. The van der Waals surface area contributed by atoms with E-state index in [2.05, 4.69) is 10.3 Å². The summed E-state index contributed by atoms with van der Waals surface area (Å²) in [5.41, 5.74) is 3.38. The summed E-state index contributed by atoms with van der Waals surface area (Å²) in [5.74, 6) is -0.293. The molecule has 2 aromatic carbocycles. The number of nitrogens with one attached hydrogen (secondary N) is 1. The number of nitro groups is 1. The van der Waals surface area contributed by atoms with Gasteiger partial charge in [-0.05, 0) is 43.0 Å². The number of halogens is 1. The van der Waals surface area contributed by atoms with E-state index in [9.17, 15) is 14.9 Å². The third-order valence-corrected chi connectivity index (χ3v) is 4.87. The Morgan fingerprint density at radius 1 is 1.19 bits per heavy atom. The van der Waals surface area contributed by atoms with Crippen molar-refractivity contribution in [1.29, 1.82) is 0 Å². The highest BCUT2D eigenvalue weighted by Gasteiger charge is 2.24. The third kappa shape index (κ3) is 2.78. The van der Waals surface area contributed by atoms with Gasteiger partial charge < -0.3 is 5.32 Å². The van der Waals surface area contributed by atoms with E-state index >= 15 is 0 Å². The van der Waals surface area contributed by atoms with Crippen LogP contribution in [-0.2, 0) is 12.8 Å². The first-order chi connectivity index (χ1) is 12.5. The molecule has 3 aromatic rings. The monoisotopic (exact) mass is 367 g/mol. The van der Waals surface area contributed by atoms with Crippen LogP contribution < -0.4 is 5.32 Å². The van der Waals surface area contributed by atoms with E-state index < -0.39 is 4.92 Å². The molecule has 0 unspecified atom stereocenters. The molecule has 0 fully saturated rings. The van der Waals surface area contributed by atoms with Crippen LogP contribution in [0.5, 0.6) is 0 Å². The number of carbonyl (C=O) groups excluding carboxylic acids is 1. The van der Waals surface area contributed by atoms with Crippen molar-refractivity contribution in [1.82, 2.24) is 4.98 Å². The number of aryl methyl sites for hydroxylation is 1. The molecule has 1 aliphatic rings. The number of hydrogen-bond acceptors (Lipinski definition) is 4.